The van der Waals surface area contributed by atoms with E-state index in [1.165, 1.54) is 12.3 Å². The van der Waals surface area contributed by atoms with Gasteiger partial charge >= 0.3 is 0 Å². The molecule has 1 fully saturated rings. The van der Waals surface area contributed by atoms with E-state index in [2.05, 4.69) is 5.16 Å². The number of nitrogens with zero attached hydrogens (tertiary/aromatic N) is 2. The van der Waals surface area contributed by atoms with Crippen molar-refractivity contribution >= 4 is 5.91 Å². The van der Waals surface area contributed by atoms with Crippen LogP contribution < -0.4 is 0 Å². The number of carbonyl (C=O) groups is 1. The average molecular weight is 182 g/mol. The average Bonchev–Trinajstić information content (AvgIpc) is 2.72. The molecule has 1 atom stereocenters. The van der Waals surface area contributed by atoms with Gasteiger partial charge in [0.1, 0.15) is 0 Å². The monoisotopic (exact) mass is 182 g/mol. The Bertz CT molecular complexity index is 296. The van der Waals surface area contributed by atoms with Gasteiger partial charge in [0.15, 0.2) is 0 Å². The first-order chi connectivity index (χ1) is 6.27. The van der Waals surface area contributed by atoms with Crippen LogP contribution in [0.2, 0.25) is 0 Å². The lowest BCUT2D eigenvalue weighted by Gasteiger charge is -2.12. The minimum absolute atomic E-state index is 0.200. The summed E-state index contributed by atoms with van der Waals surface area (Å²) in [6.07, 6.45) is 1.67. The summed E-state index contributed by atoms with van der Waals surface area (Å²) in [5.74, 6) is 0.0307. The molecule has 0 saturated carbocycles. The molecule has 1 amide bonds. The Hall–Kier alpha value is -1.36. The molecule has 1 aliphatic heterocycles. The standard InChI is InChI=1S/C8H10N2O3/c11-6-2-4-10(5-6)8(12)7-1-3-9-13-7/h1,3,6,11H,2,4-5H2/t6-/m1/s1. The summed E-state index contributed by atoms with van der Waals surface area (Å²) in [6, 6.07) is 1.52. The van der Waals surface area contributed by atoms with Gasteiger partial charge in [0.25, 0.3) is 5.91 Å². The molecule has 2 rings (SSSR count). The number of amides is 1. The molecule has 5 heteroatoms. The molecule has 13 heavy (non-hydrogen) atoms. The number of likely N-dealkylation sites (tertiary alicyclic amines) is 1. The minimum atomic E-state index is -0.396. The molecule has 1 aliphatic rings. The van der Waals surface area contributed by atoms with Crippen molar-refractivity contribution in [3.8, 4) is 0 Å². The van der Waals surface area contributed by atoms with E-state index in [-0.39, 0.29) is 11.7 Å². The van der Waals surface area contributed by atoms with Crippen LogP contribution in [0.4, 0.5) is 0 Å². The second-order valence-corrected chi connectivity index (χ2v) is 3.07. The molecule has 0 unspecified atom stereocenters. The van der Waals surface area contributed by atoms with E-state index in [1.807, 2.05) is 0 Å². The van der Waals surface area contributed by atoms with Crippen molar-refractivity contribution in [3.63, 3.8) is 0 Å². The maximum atomic E-state index is 11.5. The fraction of sp³-hybridized carbons (Fsp3) is 0.500. The summed E-state index contributed by atoms with van der Waals surface area (Å²) in [7, 11) is 0. The van der Waals surface area contributed by atoms with Crippen molar-refractivity contribution in [2.24, 2.45) is 0 Å². The van der Waals surface area contributed by atoms with Crippen LogP contribution in [0, 0.1) is 0 Å². The van der Waals surface area contributed by atoms with Gasteiger partial charge in [0, 0.05) is 19.2 Å². The Morgan fingerprint density at radius 1 is 1.77 bits per heavy atom. The van der Waals surface area contributed by atoms with Gasteiger partial charge in [0.05, 0.1) is 12.3 Å². The molecular weight excluding hydrogens is 172 g/mol. The largest absolute Gasteiger partial charge is 0.391 e. The van der Waals surface area contributed by atoms with E-state index < -0.39 is 6.10 Å². The van der Waals surface area contributed by atoms with Gasteiger partial charge in [-0.3, -0.25) is 4.79 Å². The maximum absolute atomic E-state index is 11.5. The van der Waals surface area contributed by atoms with E-state index in [9.17, 15) is 9.90 Å². The van der Waals surface area contributed by atoms with Gasteiger partial charge < -0.3 is 14.5 Å². The molecule has 70 valence electrons. The third-order valence-corrected chi connectivity index (χ3v) is 2.10. The van der Waals surface area contributed by atoms with Crippen LogP contribution in [0.3, 0.4) is 0 Å². The molecule has 1 aromatic rings. The molecule has 5 nitrogen and oxygen atoms in total. The fourth-order valence-corrected chi connectivity index (χ4v) is 1.41. The van der Waals surface area contributed by atoms with Gasteiger partial charge in [-0.1, -0.05) is 5.16 Å². The van der Waals surface area contributed by atoms with Crippen molar-refractivity contribution in [3.05, 3.63) is 18.0 Å². The Kier molecular flexibility index (Phi) is 2.02. The Morgan fingerprint density at radius 2 is 2.62 bits per heavy atom. The summed E-state index contributed by atoms with van der Waals surface area (Å²) in [5.41, 5.74) is 0. The molecule has 0 aliphatic carbocycles. The number of aliphatic hydroxyl groups is 1. The third-order valence-electron chi connectivity index (χ3n) is 2.10. The molecule has 0 bridgehead atoms. The normalized spacial score (nSPS) is 22.2. The van der Waals surface area contributed by atoms with Crippen LogP contribution in [-0.4, -0.2) is 40.3 Å². The van der Waals surface area contributed by atoms with Crippen molar-refractivity contribution in [2.75, 3.05) is 13.1 Å². The second kappa shape index (κ2) is 3.18. The number of hydrogen-bond acceptors (Lipinski definition) is 4. The highest BCUT2D eigenvalue weighted by Crippen LogP contribution is 2.12. The molecule has 1 aromatic heterocycles. The zero-order chi connectivity index (χ0) is 9.26. The van der Waals surface area contributed by atoms with E-state index >= 15 is 0 Å². The van der Waals surface area contributed by atoms with Gasteiger partial charge in [0.2, 0.25) is 5.76 Å². The van der Waals surface area contributed by atoms with Gasteiger partial charge in [-0.15, -0.1) is 0 Å². The van der Waals surface area contributed by atoms with Crippen molar-refractivity contribution in [1.82, 2.24) is 10.1 Å². The molecular formula is C8H10N2O3. The molecule has 0 aromatic carbocycles. The van der Waals surface area contributed by atoms with Gasteiger partial charge in [-0.25, -0.2) is 0 Å². The Balaban J connectivity index is 2.06. The summed E-state index contributed by atoms with van der Waals surface area (Å²) in [4.78, 5) is 13.1. The Morgan fingerprint density at radius 3 is 3.15 bits per heavy atom. The van der Waals surface area contributed by atoms with Crippen molar-refractivity contribution in [1.29, 1.82) is 0 Å². The smallest absolute Gasteiger partial charge is 0.292 e. The van der Waals surface area contributed by atoms with Crippen LogP contribution in [0.1, 0.15) is 17.0 Å². The number of hydrogen-bond donors (Lipinski definition) is 1. The van der Waals surface area contributed by atoms with E-state index in [0.29, 0.717) is 19.5 Å². The second-order valence-electron chi connectivity index (χ2n) is 3.07. The number of aromatic nitrogens is 1. The lowest BCUT2D eigenvalue weighted by atomic mass is 10.3. The van der Waals surface area contributed by atoms with Crippen LogP contribution in [-0.2, 0) is 0 Å². The first kappa shape index (κ1) is 8.25. The van der Waals surface area contributed by atoms with E-state index in [1.54, 1.807) is 4.90 Å². The third kappa shape index (κ3) is 1.55. The van der Waals surface area contributed by atoms with Gasteiger partial charge in [-0.2, -0.15) is 0 Å². The lowest BCUT2D eigenvalue weighted by molar-refractivity contribution is 0.0724. The number of rotatable bonds is 1. The van der Waals surface area contributed by atoms with Crippen LogP contribution >= 0.6 is 0 Å². The zero-order valence-electron chi connectivity index (χ0n) is 7.01. The highest BCUT2D eigenvalue weighted by Gasteiger charge is 2.26. The number of aliphatic hydroxyl groups excluding tert-OH is 1. The predicted molar refractivity (Wildman–Crippen MR) is 43.0 cm³/mol. The molecule has 0 radical (unpaired) electrons. The quantitative estimate of drug-likeness (QED) is 0.657. The molecule has 2 heterocycles. The van der Waals surface area contributed by atoms with Crippen LogP contribution in [0.5, 0.6) is 0 Å². The van der Waals surface area contributed by atoms with Gasteiger partial charge in [-0.05, 0) is 6.42 Å². The molecule has 1 saturated heterocycles. The Labute approximate surface area is 74.9 Å². The minimum Gasteiger partial charge on any atom is -0.391 e. The number of β-amino-alcohol motifs (C(OH)–C–C–N with tert-alkyl or cyclic N) is 1. The topological polar surface area (TPSA) is 66.6 Å². The zero-order valence-corrected chi connectivity index (χ0v) is 7.01. The highest BCUT2D eigenvalue weighted by molar-refractivity contribution is 5.91. The molecule has 0 spiro atoms. The number of carbonyl (C=O) groups excluding carboxylic acids is 1. The summed E-state index contributed by atoms with van der Waals surface area (Å²) in [5, 5.41) is 12.7. The summed E-state index contributed by atoms with van der Waals surface area (Å²) in [6.45, 7) is 0.972. The summed E-state index contributed by atoms with van der Waals surface area (Å²) >= 11 is 0. The highest BCUT2D eigenvalue weighted by atomic mass is 16.5. The van der Waals surface area contributed by atoms with Crippen LogP contribution in [0.15, 0.2) is 16.8 Å². The van der Waals surface area contributed by atoms with Crippen molar-refractivity contribution in [2.45, 2.75) is 12.5 Å². The first-order valence-electron chi connectivity index (χ1n) is 4.15. The van der Waals surface area contributed by atoms with Crippen LogP contribution in [0.25, 0.3) is 0 Å². The maximum Gasteiger partial charge on any atom is 0.292 e. The first-order valence-corrected chi connectivity index (χ1v) is 4.15. The lowest BCUT2D eigenvalue weighted by Crippen LogP contribution is -2.29. The predicted octanol–water partition coefficient (Wildman–Crippen LogP) is -0.119. The molecule has 1 N–H and O–H groups in total. The van der Waals surface area contributed by atoms with Crippen molar-refractivity contribution < 1.29 is 14.4 Å². The fourth-order valence-electron chi connectivity index (χ4n) is 1.41. The van der Waals surface area contributed by atoms with E-state index in [0.717, 1.165) is 0 Å². The summed E-state index contributed by atoms with van der Waals surface area (Å²) < 4.78 is 4.72. The van der Waals surface area contributed by atoms with E-state index in [4.69, 9.17) is 4.52 Å². The SMILES string of the molecule is O=C(c1ccno1)N1CC[C@@H](O)C1.